The van der Waals surface area contributed by atoms with Gasteiger partial charge in [-0.3, -0.25) is 14.7 Å². The Morgan fingerprint density at radius 2 is 1.79 bits per heavy atom. The van der Waals surface area contributed by atoms with Crippen LogP contribution < -0.4 is 4.90 Å². The predicted molar refractivity (Wildman–Crippen MR) is 96.3 cm³/mol. The molecule has 0 unspecified atom stereocenters. The van der Waals surface area contributed by atoms with Gasteiger partial charge in [-0.15, -0.1) is 0 Å². The fourth-order valence-electron chi connectivity index (χ4n) is 3.81. The molecule has 1 aromatic heterocycles. The maximum atomic E-state index is 14.4. The van der Waals surface area contributed by atoms with Gasteiger partial charge in [-0.05, 0) is 37.1 Å². The van der Waals surface area contributed by atoms with Crippen molar-refractivity contribution in [1.82, 2.24) is 9.88 Å². The average molecular weight is 391 g/mol. The Bertz CT molecular complexity index is 855. The highest BCUT2D eigenvalue weighted by Gasteiger charge is 2.57. The van der Waals surface area contributed by atoms with E-state index in [1.807, 2.05) is 4.90 Å². The van der Waals surface area contributed by atoms with Gasteiger partial charge in [-0.2, -0.15) is 8.78 Å². The first-order valence-electron chi connectivity index (χ1n) is 9.15. The first-order chi connectivity index (χ1) is 13.4. The maximum Gasteiger partial charge on any atom is 0.437 e. The number of rotatable bonds is 3. The molecule has 8 heteroatoms. The minimum atomic E-state index is -3.87. The average Bonchev–Trinajstić information content (AvgIpc) is 2.69. The first-order valence-corrected chi connectivity index (χ1v) is 9.15. The number of ether oxygens (including phenoxy) is 1. The Hall–Kier alpha value is -2.45. The Kier molecular flexibility index (Phi) is 4.84. The van der Waals surface area contributed by atoms with E-state index in [4.69, 9.17) is 4.74 Å². The molecule has 5 nitrogen and oxygen atoms in total. The smallest absolute Gasteiger partial charge is 0.304 e. The molecule has 0 atom stereocenters. The molecule has 28 heavy (non-hydrogen) atoms. The van der Waals surface area contributed by atoms with Crippen LogP contribution in [-0.2, 0) is 16.1 Å². The van der Waals surface area contributed by atoms with Crippen LogP contribution in [0.3, 0.4) is 0 Å². The summed E-state index contributed by atoms with van der Waals surface area (Å²) in [6.45, 7) is 1.27. The molecule has 0 radical (unpaired) electrons. The second kappa shape index (κ2) is 7.18. The molecule has 2 fully saturated rings. The Morgan fingerprint density at radius 1 is 1.07 bits per heavy atom. The summed E-state index contributed by atoms with van der Waals surface area (Å²) in [7, 11) is 0. The van der Waals surface area contributed by atoms with Crippen molar-refractivity contribution < 1.29 is 22.7 Å². The zero-order valence-electron chi connectivity index (χ0n) is 15.2. The molecular weight excluding hydrogens is 371 g/mol. The summed E-state index contributed by atoms with van der Waals surface area (Å²) in [6.07, 6.45) is -1.72. The summed E-state index contributed by atoms with van der Waals surface area (Å²) in [5.74, 6) is -1.73. The molecule has 2 aliphatic heterocycles. The molecule has 148 valence electrons. The van der Waals surface area contributed by atoms with Crippen molar-refractivity contribution >= 4 is 11.6 Å². The molecule has 0 bridgehead atoms. The maximum absolute atomic E-state index is 14.4. The van der Waals surface area contributed by atoms with Crippen molar-refractivity contribution in [2.45, 2.75) is 31.1 Å². The third-order valence-electron chi connectivity index (χ3n) is 5.33. The molecular formula is C20H20F3N3O2. The van der Waals surface area contributed by atoms with E-state index in [0.717, 1.165) is 4.90 Å². The summed E-state index contributed by atoms with van der Waals surface area (Å²) in [5, 5.41) is 0. The summed E-state index contributed by atoms with van der Waals surface area (Å²) < 4.78 is 47.6. The van der Waals surface area contributed by atoms with E-state index < -0.39 is 17.6 Å². The number of likely N-dealkylation sites (tertiary alicyclic amines) is 1. The van der Waals surface area contributed by atoms with Gasteiger partial charge >= 0.3 is 12.0 Å². The van der Waals surface area contributed by atoms with Crippen LogP contribution in [0.1, 0.15) is 18.5 Å². The molecule has 2 aliphatic rings. The van der Waals surface area contributed by atoms with Gasteiger partial charge < -0.3 is 9.64 Å². The highest BCUT2D eigenvalue weighted by Crippen LogP contribution is 2.40. The number of para-hydroxylation sites is 1. The number of halogens is 3. The lowest BCUT2D eigenvalue weighted by molar-refractivity contribution is -0.293. The second-order valence-corrected chi connectivity index (χ2v) is 7.24. The van der Waals surface area contributed by atoms with E-state index in [0.29, 0.717) is 43.9 Å². The number of piperidine rings is 1. The minimum absolute atomic E-state index is 0.0667. The fraction of sp³-hybridized carbons (Fsp3) is 0.400. The predicted octanol–water partition coefficient (Wildman–Crippen LogP) is 3.21. The number of anilines is 1. The van der Waals surface area contributed by atoms with Gasteiger partial charge in [-0.1, -0.05) is 18.2 Å². The number of alkyl halides is 2. The lowest BCUT2D eigenvalue weighted by atomic mass is 9.88. The van der Waals surface area contributed by atoms with Crippen LogP contribution >= 0.6 is 0 Å². The SMILES string of the molecule is O=C1N(c2ccccc2)CC2(CCN(Cc3ncccc3F)CC2)OC1(F)F. The number of pyridine rings is 1. The summed E-state index contributed by atoms with van der Waals surface area (Å²) in [4.78, 5) is 19.3. The number of amides is 1. The molecule has 1 spiro atoms. The summed E-state index contributed by atoms with van der Waals surface area (Å²) in [6, 6.07) is 11.3. The highest BCUT2D eigenvalue weighted by atomic mass is 19.3. The quantitative estimate of drug-likeness (QED) is 0.806. The van der Waals surface area contributed by atoms with E-state index >= 15 is 0 Å². The van der Waals surface area contributed by atoms with E-state index in [9.17, 15) is 18.0 Å². The number of nitrogens with zero attached hydrogens (tertiary/aromatic N) is 3. The van der Waals surface area contributed by atoms with Crippen LogP contribution in [0.15, 0.2) is 48.7 Å². The van der Waals surface area contributed by atoms with Gasteiger partial charge in [0.15, 0.2) is 0 Å². The van der Waals surface area contributed by atoms with Crippen molar-refractivity contribution in [3.63, 3.8) is 0 Å². The van der Waals surface area contributed by atoms with Crippen molar-refractivity contribution in [3.05, 3.63) is 60.2 Å². The zero-order valence-corrected chi connectivity index (χ0v) is 15.2. The van der Waals surface area contributed by atoms with Crippen molar-refractivity contribution in [3.8, 4) is 0 Å². The number of carbonyl (C=O) groups excluding carboxylic acids is 1. The molecule has 3 heterocycles. The van der Waals surface area contributed by atoms with Crippen molar-refractivity contribution in [2.24, 2.45) is 0 Å². The third kappa shape index (κ3) is 3.62. The number of aromatic nitrogens is 1. The van der Waals surface area contributed by atoms with E-state index in [1.54, 1.807) is 30.3 Å². The van der Waals surface area contributed by atoms with Gasteiger partial charge in [0.25, 0.3) is 0 Å². The number of hydrogen-bond donors (Lipinski definition) is 0. The van der Waals surface area contributed by atoms with Crippen LogP contribution in [0.25, 0.3) is 0 Å². The number of morpholine rings is 1. The van der Waals surface area contributed by atoms with Gasteiger partial charge in [0.2, 0.25) is 0 Å². The molecule has 2 saturated heterocycles. The lowest BCUT2D eigenvalue weighted by Crippen LogP contribution is -2.64. The van der Waals surface area contributed by atoms with Crippen molar-refractivity contribution in [2.75, 3.05) is 24.5 Å². The van der Waals surface area contributed by atoms with Crippen LogP contribution in [0.4, 0.5) is 18.9 Å². The van der Waals surface area contributed by atoms with E-state index in [-0.39, 0.29) is 12.4 Å². The number of carbonyl (C=O) groups is 1. The second-order valence-electron chi connectivity index (χ2n) is 7.24. The van der Waals surface area contributed by atoms with Crippen molar-refractivity contribution in [1.29, 1.82) is 0 Å². The molecule has 0 aliphatic carbocycles. The highest BCUT2D eigenvalue weighted by molar-refractivity contribution is 5.98. The van der Waals surface area contributed by atoms with Gasteiger partial charge in [0.1, 0.15) is 5.82 Å². The molecule has 1 aromatic carbocycles. The molecule has 4 rings (SSSR count). The largest absolute Gasteiger partial charge is 0.437 e. The fourth-order valence-corrected chi connectivity index (χ4v) is 3.81. The van der Waals surface area contributed by atoms with Crippen LogP contribution in [-0.4, -0.2) is 47.1 Å². The number of benzene rings is 1. The molecule has 2 aromatic rings. The minimum Gasteiger partial charge on any atom is -0.304 e. The first kappa shape index (κ1) is 18.9. The third-order valence-corrected chi connectivity index (χ3v) is 5.33. The lowest BCUT2D eigenvalue weighted by Gasteiger charge is -2.48. The summed E-state index contributed by atoms with van der Waals surface area (Å²) >= 11 is 0. The topological polar surface area (TPSA) is 45.7 Å². The zero-order chi connectivity index (χ0) is 19.8. The normalized spacial score (nSPS) is 21.8. The Labute approximate surface area is 160 Å². The van der Waals surface area contributed by atoms with Gasteiger partial charge in [0.05, 0.1) is 17.8 Å². The summed E-state index contributed by atoms with van der Waals surface area (Å²) in [5.41, 5.74) is -0.380. The Balaban J connectivity index is 1.49. The van der Waals surface area contributed by atoms with E-state index in [2.05, 4.69) is 4.98 Å². The van der Waals surface area contributed by atoms with Crippen LogP contribution in [0.5, 0.6) is 0 Å². The van der Waals surface area contributed by atoms with Gasteiger partial charge in [-0.25, -0.2) is 4.39 Å². The standard InChI is InChI=1S/C20H20F3N3O2/c21-16-7-4-10-24-17(16)13-25-11-8-19(9-12-25)14-26(15-5-2-1-3-6-15)18(27)20(22,23)28-19/h1-7,10H,8-9,11-14H2. The Morgan fingerprint density at radius 3 is 2.46 bits per heavy atom. The molecule has 0 N–H and O–H groups in total. The van der Waals surface area contributed by atoms with Gasteiger partial charge in [0, 0.05) is 31.5 Å². The molecule has 0 saturated carbocycles. The van der Waals surface area contributed by atoms with Crippen LogP contribution in [0.2, 0.25) is 0 Å². The van der Waals surface area contributed by atoms with E-state index in [1.165, 1.54) is 18.3 Å². The monoisotopic (exact) mass is 391 g/mol. The number of hydrogen-bond acceptors (Lipinski definition) is 4. The van der Waals surface area contributed by atoms with Crippen LogP contribution in [0, 0.1) is 5.82 Å². The molecule has 1 amide bonds.